The standard InChI is InChI=1S/C19H25N3O4/c1-6-22(7-2)17-10-13(8-9-20-17)19(23)21-14-11-15(24-3)18(26-5)16(12-14)25-4/h8-12H,6-7H2,1-5H3,(H,21,23). The largest absolute Gasteiger partial charge is 0.493 e. The van der Waals surface area contributed by atoms with Crippen LogP contribution in [0.15, 0.2) is 30.5 Å². The molecule has 0 spiro atoms. The first-order chi connectivity index (χ1) is 12.6. The van der Waals surface area contributed by atoms with Gasteiger partial charge in [0.15, 0.2) is 11.5 Å². The van der Waals surface area contributed by atoms with Gasteiger partial charge < -0.3 is 24.4 Å². The van der Waals surface area contributed by atoms with E-state index in [1.807, 2.05) is 13.8 Å². The maximum absolute atomic E-state index is 12.6. The van der Waals surface area contributed by atoms with Gasteiger partial charge in [-0.15, -0.1) is 0 Å². The van der Waals surface area contributed by atoms with Crippen LogP contribution in [0, 0.1) is 0 Å². The van der Waals surface area contributed by atoms with E-state index >= 15 is 0 Å². The second kappa shape index (κ2) is 8.94. The highest BCUT2D eigenvalue weighted by Gasteiger charge is 2.16. The Morgan fingerprint density at radius 3 is 2.15 bits per heavy atom. The van der Waals surface area contributed by atoms with Crippen LogP contribution >= 0.6 is 0 Å². The fraction of sp³-hybridized carbons (Fsp3) is 0.368. The van der Waals surface area contributed by atoms with Crippen LogP contribution in [0.25, 0.3) is 0 Å². The molecule has 0 radical (unpaired) electrons. The van der Waals surface area contributed by atoms with Crippen molar-refractivity contribution in [2.75, 3.05) is 44.6 Å². The van der Waals surface area contributed by atoms with E-state index in [4.69, 9.17) is 14.2 Å². The van der Waals surface area contributed by atoms with E-state index < -0.39 is 0 Å². The van der Waals surface area contributed by atoms with Gasteiger partial charge in [-0.2, -0.15) is 0 Å². The van der Waals surface area contributed by atoms with Crippen molar-refractivity contribution in [3.8, 4) is 17.2 Å². The van der Waals surface area contributed by atoms with Crippen LogP contribution in [0.1, 0.15) is 24.2 Å². The molecule has 1 amide bonds. The molecule has 26 heavy (non-hydrogen) atoms. The smallest absolute Gasteiger partial charge is 0.255 e. The van der Waals surface area contributed by atoms with Crippen LogP contribution in [-0.2, 0) is 0 Å². The van der Waals surface area contributed by atoms with Crippen LogP contribution < -0.4 is 24.4 Å². The number of methoxy groups -OCH3 is 3. The van der Waals surface area contributed by atoms with Crippen LogP contribution in [-0.4, -0.2) is 45.3 Å². The maximum Gasteiger partial charge on any atom is 0.255 e. The highest BCUT2D eigenvalue weighted by atomic mass is 16.5. The van der Waals surface area contributed by atoms with Crippen molar-refractivity contribution in [3.63, 3.8) is 0 Å². The monoisotopic (exact) mass is 359 g/mol. The first kappa shape index (κ1) is 19.4. The lowest BCUT2D eigenvalue weighted by Crippen LogP contribution is -2.23. The van der Waals surface area contributed by atoms with Crippen molar-refractivity contribution in [1.29, 1.82) is 0 Å². The molecule has 1 aromatic carbocycles. The number of anilines is 2. The predicted octanol–water partition coefficient (Wildman–Crippen LogP) is 3.21. The van der Waals surface area contributed by atoms with Gasteiger partial charge in [0.2, 0.25) is 5.75 Å². The van der Waals surface area contributed by atoms with Gasteiger partial charge in [0.1, 0.15) is 5.82 Å². The van der Waals surface area contributed by atoms with Crippen LogP contribution in [0.4, 0.5) is 11.5 Å². The summed E-state index contributed by atoms with van der Waals surface area (Å²) < 4.78 is 15.9. The molecule has 7 heteroatoms. The van der Waals surface area contributed by atoms with Crippen molar-refractivity contribution in [3.05, 3.63) is 36.0 Å². The van der Waals surface area contributed by atoms with Gasteiger partial charge in [-0.1, -0.05) is 0 Å². The number of rotatable bonds is 8. The molecule has 7 nitrogen and oxygen atoms in total. The number of nitrogens with one attached hydrogen (secondary N) is 1. The molecule has 0 saturated heterocycles. The highest BCUT2D eigenvalue weighted by molar-refractivity contribution is 6.05. The number of hydrogen-bond donors (Lipinski definition) is 1. The molecule has 140 valence electrons. The van der Waals surface area contributed by atoms with E-state index in [9.17, 15) is 4.79 Å². The average molecular weight is 359 g/mol. The first-order valence-electron chi connectivity index (χ1n) is 8.40. The quantitative estimate of drug-likeness (QED) is 0.780. The van der Waals surface area contributed by atoms with Gasteiger partial charge in [-0.3, -0.25) is 4.79 Å². The summed E-state index contributed by atoms with van der Waals surface area (Å²) in [6, 6.07) is 6.83. The summed E-state index contributed by atoms with van der Waals surface area (Å²) in [5.41, 5.74) is 1.07. The predicted molar refractivity (Wildman–Crippen MR) is 102 cm³/mol. The van der Waals surface area contributed by atoms with Crippen LogP contribution in [0.5, 0.6) is 17.2 Å². The first-order valence-corrected chi connectivity index (χ1v) is 8.40. The van der Waals surface area contributed by atoms with E-state index in [1.165, 1.54) is 21.3 Å². The fourth-order valence-electron chi connectivity index (χ4n) is 2.64. The summed E-state index contributed by atoms with van der Waals surface area (Å²) in [7, 11) is 4.59. The summed E-state index contributed by atoms with van der Waals surface area (Å²) >= 11 is 0. The molecule has 0 saturated carbocycles. The molecule has 0 aliphatic carbocycles. The molecule has 0 aliphatic rings. The van der Waals surface area contributed by atoms with Crippen molar-refractivity contribution < 1.29 is 19.0 Å². The van der Waals surface area contributed by atoms with Crippen molar-refractivity contribution in [2.24, 2.45) is 0 Å². The number of amides is 1. The number of hydrogen-bond acceptors (Lipinski definition) is 6. The Kier molecular flexibility index (Phi) is 6.66. The lowest BCUT2D eigenvalue weighted by atomic mass is 10.2. The summed E-state index contributed by atoms with van der Waals surface area (Å²) in [6.07, 6.45) is 1.64. The van der Waals surface area contributed by atoms with Gasteiger partial charge in [0.05, 0.1) is 21.3 Å². The van der Waals surface area contributed by atoms with Crippen LogP contribution in [0.2, 0.25) is 0 Å². The Morgan fingerprint density at radius 2 is 1.65 bits per heavy atom. The van der Waals surface area contributed by atoms with E-state index in [-0.39, 0.29) is 5.91 Å². The molecule has 0 atom stereocenters. The van der Waals surface area contributed by atoms with Crippen molar-refractivity contribution in [1.82, 2.24) is 4.98 Å². The molecule has 2 aromatic rings. The van der Waals surface area contributed by atoms with Crippen LogP contribution in [0.3, 0.4) is 0 Å². The number of nitrogens with zero attached hydrogens (tertiary/aromatic N) is 2. The Bertz CT molecular complexity index is 735. The number of pyridine rings is 1. The summed E-state index contributed by atoms with van der Waals surface area (Å²) in [4.78, 5) is 19.1. The van der Waals surface area contributed by atoms with Gasteiger partial charge >= 0.3 is 0 Å². The number of carbonyl (C=O) groups excluding carboxylic acids is 1. The molecule has 1 aromatic heterocycles. The lowest BCUT2D eigenvalue weighted by molar-refractivity contribution is 0.102. The van der Waals surface area contributed by atoms with Crippen molar-refractivity contribution >= 4 is 17.4 Å². The lowest BCUT2D eigenvalue weighted by Gasteiger charge is -2.20. The van der Waals surface area contributed by atoms with Gasteiger partial charge in [0.25, 0.3) is 5.91 Å². The number of aromatic nitrogens is 1. The molecule has 1 heterocycles. The zero-order valence-corrected chi connectivity index (χ0v) is 15.8. The second-order valence-corrected chi connectivity index (χ2v) is 5.44. The molecule has 0 bridgehead atoms. The molecular weight excluding hydrogens is 334 g/mol. The third-order valence-corrected chi connectivity index (χ3v) is 4.02. The molecule has 0 fully saturated rings. The zero-order chi connectivity index (χ0) is 19.1. The Morgan fingerprint density at radius 1 is 1.04 bits per heavy atom. The SMILES string of the molecule is CCN(CC)c1cc(C(=O)Nc2cc(OC)c(OC)c(OC)c2)ccn1. The van der Waals surface area contributed by atoms with E-state index in [0.717, 1.165) is 18.9 Å². The van der Waals surface area contributed by atoms with Gasteiger partial charge in [0, 0.05) is 42.7 Å². The minimum atomic E-state index is -0.241. The van der Waals surface area contributed by atoms with E-state index in [1.54, 1.807) is 30.5 Å². The number of ether oxygens (including phenoxy) is 3. The summed E-state index contributed by atoms with van der Waals surface area (Å²) in [5.74, 6) is 1.95. The maximum atomic E-state index is 12.6. The minimum absolute atomic E-state index is 0.241. The third-order valence-electron chi connectivity index (χ3n) is 4.02. The minimum Gasteiger partial charge on any atom is -0.493 e. The van der Waals surface area contributed by atoms with Gasteiger partial charge in [-0.25, -0.2) is 4.98 Å². The highest BCUT2D eigenvalue weighted by Crippen LogP contribution is 2.40. The molecular formula is C19H25N3O4. The molecule has 0 unspecified atom stereocenters. The number of benzene rings is 1. The second-order valence-electron chi connectivity index (χ2n) is 5.44. The fourth-order valence-corrected chi connectivity index (χ4v) is 2.64. The zero-order valence-electron chi connectivity index (χ0n) is 15.8. The van der Waals surface area contributed by atoms with Gasteiger partial charge in [-0.05, 0) is 26.0 Å². The Balaban J connectivity index is 2.29. The number of carbonyl (C=O) groups is 1. The van der Waals surface area contributed by atoms with E-state index in [2.05, 4.69) is 15.2 Å². The average Bonchev–Trinajstić information content (AvgIpc) is 2.68. The Labute approximate surface area is 153 Å². The summed E-state index contributed by atoms with van der Waals surface area (Å²) in [6.45, 7) is 5.74. The normalized spacial score (nSPS) is 10.2. The summed E-state index contributed by atoms with van der Waals surface area (Å²) in [5, 5.41) is 2.86. The third kappa shape index (κ3) is 4.17. The molecule has 0 aliphatic heterocycles. The van der Waals surface area contributed by atoms with E-state index in [0.29, 0.717) is 28.5 Å². The topological polar surface area (TPSA) is 72.9 Å². The molecule has 2 rings (SSSR count). The molecule has 1 N–H and O–H groups in total. The van der Waals surface area contributed by atoms with Crippen molar-refractivity contribution in [2.45, 2.75) is 13.8 Å². The Hall–Kier alpha value is -2.96.